The Morgan fingerprint density at radius 2 is 2.12 bits per heavy atom. The molecule has 3 aromatic rings. The van der Waals surface area contributed by atoms with Gasteiger partial charge in [-0.25, -0.2) is 0 Å². The van der Waals surface area contributed by atoms with Gasteiger partial charge in [-0.2, -0.15) is 5.10 Å². The van der Waals surface area contributed by atoms with Crippen molar-refractivity contribution in [2.45, 2.75) is 13.5 Å². The maximum atomic E-state index is 12.3. The Hall–Kier alpha value is -2.64. The van der Waals surface area contributed by atoms with Crippen LogP contribution < -0.4 is 5.32 Å². The molecule has 7 nitrogen and oxygen atoms in total. The van der Waals surface area contributed by atoms with Crippen LogP contribution >= 0.6 is 11.6 Å². The molecule has 0 unspecified atom stereocenters. The second-order valence-electron chi connectivity index (χ2n) is 5.14. The Morgan fingerprint density at radius 1 is 1.38 bits per heavy atom. The number of nitrogens with one attached hydrogen (secondary N) is 2. The highest BCUT2D eigenvalue weighted by atomic mass is 35.5. The van der Waals surface area contributed by atoms with Crippen molar-refractivity contribution in [2.24, 2.45) is 0 Å². The minimum Gasteiger partial charge on any atom is -0.378 e. The predicted molar refractivity (Wildman–Crippen MR) is 88.9 cm³/mol. The maximum Gasteiger partial charge on any atom is 0.279 e. The molecule has 0 bridgehead atoms. The molecule has 0 aliphatic rings. The van der Waals surface area contributed by atoms with E-state index in [1.165, 1.54) is 0 Å². The van der Waals surface area contributed by atoms with Crippen molar-refractivity contribution in [2.75, 3.05) is 12.4 Å². The summed E-state index contributed by atoms with van der Waals surface area (Å²) in [5.41, 5.74) is 2.52. The summed E-state index contributed by atoms with van der Waals surface area (Å²) in [5, 5.41) is 14.1. The molecular formula is C16H15ClN4O3. The molecule has 0 spiro atoms. The van der Waals surface area contributed by atoms with Gasteiger partial charge in [-0.1, -0.05) is 28.9 Å². The third-order valence-electron chi connectivity index (χ3n) is 3.36. The summed E-state index contributed by atoms with van der Waals surface area (Å²) >= 11 is 5.94. The number of benzene rings is 1. The highest BCUT2D eigenvalue weighted by Gasteiger charge is 2.19. The van der Waals surface area contributed by atoms with Crippen molar-refractivity contribution in [3.63, 3.8) is 0 Å². The van der Waals surface area contributed by atoms with Crippen molar-refractivity contribution in [1.29, 1.82) is 0 Å². The summed E-state index contributed by atoms with van der Waals surface area (Å²) in [6.07, 6.45) is 0. The molecule has 0 aliphatic carbocycles. The molecule has 124 valence electrons. The Morgan fingerprint density at radius 3 is 2.75 bits per heavy atom. The molecule has 2 N–H and O–H groups in total. The van der Waals surface area contributed by atoms with Crippen molar-refractivity contribution in [1.82, 2.24) is 15.4 Å². The van der Waals surface area contributed by atoms with Crippen LogP contribution in [0.1, 0.15) is 21.9 Å². The summed E-state index contributed by atoms with van der Waals surface area (Å²) in [6, 6.07) is 8.80. The van der Waals surface area contributed by atoms with Gasteiger partial charge in [0.1, 0.15) is 5.76 Å². The number of carbonyl (C=O) groups is 1. The second kappa shape index (κ2) is 6.86. The van der Waals surface area contributed by atoms with Crippen molar-refractivity contribution in [3.05, 3.63) is 52.5 Å². The number of methoxy groups -OCH3 is 1. The normalized spacial score (nSPS) is 10.8. The van der Waals surface area contributed by atoms with E-state index in [1.807, 2.05) is 12.1 Å². The molecule has 0 radical (unpaired) electrons. The van der Waals surface area contributed by atoms with Gasteiger partial charge in [-0.05, 0) is 24.6 Å². The van der Waals surface area contributed by atoms with E-state index in [2.05, 4.69) is 20.7 Å². The number of anilines is 1. The first kappa shape index (κ1) is 16.2. The number of aromatic amines is 1. The van der Waals surface area contributed by atoms with Gasteiger partial charge >= 0.3 is 0 Å². The van der Waals surface area contributed by atoms with Crippen LogP contribution in [-0.4, -0.2) is 28.4 Å². The Kier molecular flexibility index (Phi) is 4.64. The number of carbonyl (C=O) groups excluding carboxylic acids is 1. The summed E-state index contributed by atoms with van der Waals surface area (Å²) in [5.74, 6) is 0.535. The number of hydrogen-bond donors (Lipinski definition) is 2. The SMILES string of the molecule is COCc1[nH]nc(NC(=O)c2cc(C)on2)c1-c1ccc(Cl)cc1. The average Bonchev–Trinajstić information content (AvgIpc) is 3.16. The lowest BCUT2D eigenvalue weighted by atomic mass is 10.1. The van der Waals surface area contributed by atoms with Crippen molar-refractivity contribution >= 4 is 23.3 Å². The standard InChI is InChI=1S/C16H15ClN4O3/c1-9-7-12(21-24-9)16(22)18-15-14(13(8-23-2)19-20-15)10-3-5-11(17)6-4-10/h3-7H,8H2,1-2H3,(H2,18,19,20,22). The number of nitrogens with zero attached hydrogens (tertiary/aromatic N) is 2. The Labute approximate surface area is 142 Å². The largest absolute Gasteiger partial charge is 0.378 e. The van der Waals surface area contributed by atoms with Crippen LogP contribution in [0.25, 0.3) is 11.1 Å². The van der Waals surface area contributed by atoms with Gasteiger partial charge in [0, 0.05) is 23.8 Å². The summed E-state index contributed by atoms with van der Waals surface area (Å²) in [7, 11) is 1.59. The number of aromatic nitrogens is 3. The first-order chi connectivity index (χ1) is 11.6. The maximum absolute atomic E-state index is 12.3. The van der Waals surface area contributed by atoms with Crippen LogP contribution in [0, 0.1) is 6.92 Å². The highest BCUT2D eigenvalue weighted by Crippen LogP contribution is 2.31. The van der Waals surface area contributed by atoms with E-state index in [9.17, 15) is 4.79 Å². The van der Waals surface area contributed by atoms with Gasteiger partial charge in [0.2, 0.25) is 0 Å². The second-order valence-corrected chi connectivity index (χ2v) is 5.58. The Bertz CT molecular complexity index is 855. The predicted octanol–water partition coefficient (Wildman–Crippen LogP) is 3.43. The molecule has 1 amide bonds. The molecule has 3 rings (SSSR count). The van der Waals surface area contributed by atoms with Gasteiger partial charge in [0.15, 0.2) is 11.5 Å². The van der Waals surface area contributed by atoms with Gasteiger partial charge in [-0.3, -0.25) is 9.89 Å². The van der Waals surface area contributed by atoms with E-state index in [4.69, 9.17) is 20.9 Å². The fraction of sp³-hybridized carbons (Fsp3) is 0.188. The lowest BCUT2D eigenvalue weighted by Crippen LogP contribution is -2.13. The van der Waals surface area contributed by atoms with Crippen molar-refractivity contribution in [3.8, 4) is 11.1 Å². The average molecular weight is 347 g/mol. The molecule has 2 aromatic heterocycles. The summed E-state index contributed by atoms with van der Waals surface area (Å²) in [6.45, 7) is 2.04. The third-order valence-corrected chi connectivity index (χ3v) is 3.61. The molecule has 0 aliphatic heterocycles. The van der Waals surface area contributed by atoms with E-state index in [-0.39, 0.29) is 5.69 Å². The van der Waals surface area contributed by atoms with Crippen molar-refractivity contribution < 1.29 is 14.1 Å². The molecular weight excluding hydrogens is 332 g/mol. The zero-order valence-corrected chi connectivity index (χ0v) is 13.8. The van der Waals surface area contributed by atoms with Crippen LogP contribution in [0.4, 0.5) is 5.82 Å². The van der Waals surface area contributed by atoms with Crippen LogP contribution in [0.15, 0.2) is 34.9 Å². The number of aryl methyl sites for hydroxylation is 1. The smallest absolute Gasteiger partial charge is 0.279 e. The first-order valence-corrected chi connectivity index (χ1v) is 7.53. The minimum absolute atomic E-state index is 0.186. The number of hydrogen-bond acceptors (Lipinski definition) is 5. The van der Waals surface area contributed by atoms with Crippen LogP contribution in [0.2, 0.25) is 5.02 Å². The molecule has 2 heterocycles. The lowest BCUT2D eigenvalue weighted by molar-refractivity contribution is 0.101. The number of ether oxygens (including phenoxy) is 1. The number of H-pyrrole nitrogens is 1. The molecule has 8 heteroatoms. The van der Waals surface area contributed by atoms with Gasteiger partial charge in [0.05, 0.1) is 12.3 Å². The molecule has 0 saturated carbocycles. The summed E-state index contributed by atoms with van der Waals surface area (Å²) in [4.78, 5) is 12.3. The number of halogens is 1. The summed E-state index contributed by atoms with van der Waals surface area (Å²) < 4.78 is 10.1. The lowest BCUT2D eigenvalue weighted by Gasteiger charge is -2.07. The molecule has 0 fully saturated rings. The van der Waals surface area contributed by atoms with E-state index in [1.54, 1.807) is 32.2 Å². The van der Waals surface area contributed by atoms with E-state index < -0.39 is 5.91 Å². The van der Waals surface area contributed by atoms with E-state index in [0.29, 0.717) is 23.2 Å². The zero-order valence-electron chi connectivity index (χ0n) is 13.1. The molecule has 0 atom stereocenters. The first-order valence-electron chi connectivity index (χ1n) is 7.15. The molecule has 0 saturated heterocycles. The monoisotopic (exact) mass is 346 g/mol. The highest BCUT2D eigenvalue weighted by molar-refractivity contribution is 6.30. The number of rotatable bonds is 5. The van der Waals surface area contributed by atoms with Gasteiger partial charge in [-0.15, -0.1) is 0 Å². The minimum atomic E-state index is -0.405. The van der Waals surface area contributed by atoms with E-state index in [0.717, 1.165) is 16.8 Å². The number of amides is 1. The third kappa shape index (κ3) is 3.32. The van der Waals surface area contributed by atoms with Crippen LogP contribution in [0.5, 0.6) is 0 Å². The van der Waals surface area contributed by atoms with Gasteiger partial charge in [0.25, 0.3) is 5.91 Å². The van der Waals surface area contributed by atoms with Crippen LogP contribution in [0.3, 0.4) is 0 Å². The zero-order chi connectivity index (χ0) is 17.1. The quantitative estimate of drug-likeness (QED) is 0.738. The Balaban J connectivity index is 1.95. The fourth-order valence-electron chi connectivity index (χ4n) is 2.29. The fourth-order valence-corrected chi connectivity index (χ4v) is 2.42. The van der Waals surface area contributed by atoms with E-state index >= 15 is 0 Å². The van der Waals surface area contributed by atoms with Gasteiger partial charge < -0.3 is 14.6 Å². The topological polar surface area (TPSA) is 93.0 Å². The van der Waals surface area contributed by atoms with Crippen LogP contribution in [-0.2, 0) is 11.3 Å². The molecule has 1 aromatic carbocycles. The molecule has 24 heavy (non-hydrogen) atoms.